The number of methoxy groups -OCH3 is 1. The van der Waals surface area contributed by atoms with Gasteiger partial charge >= 0.3 is 5.97 Å². The molecule has 0 amide bonds. The van der Waals surface area contributed by atoms with E-state index in [0.717, 1.165) is 11.3 Å². The summed E-state index contributed by atoms with van der Waals surface area (Å²) < 4.78 is 4.83. The average molecular weight is 415 g/mol. The Balaban J connectivity index is 2.01. The molecule has 1 aliphatic rings. The van der Waals surface area contributed by atoms with Gasteiger partial charge in [-0.15, -0.1) is 0 Å². The van der Waals surface area contributed by atoms with Gasteiger partial charge in [0.25, 0.3) is 0 Å². The van der Waals surface area contributed by atoms with Crippen molar-refractivity contribution in [3.05, 3.63) is 75.4 Å². The lowest BCUT2D eigenvalue weighted by Gasteiger charge is -2.11. The van der Waals surface area contributed by atoms with Crippen LogP contribution in [0.4, 0.5) is 11.4 Å². The van der Waals surface area contributed by atoms with E-state index in [1.54, 1.807) is 30.3 Å². The summed E-state index contributed by atoms with van der Waals surface area (Å²) in [4.78, 5) is 19.2. The summed E-state index contributed by atoms with van der Waals surface area (Å²) >= 11 is 7.37. The summed E-state index contributed by atoms with van der Waals surface area (Å²) in [6, 6.07) is 14.9. The smallest absolute Gasteiger partial charge is 0.344 e. The molecule has 0 radical (unpaired) electrons. The Morgan fingerprint density at radius 1 is 1.18 bits per heavy atom. The number of hydrogen-bond donors (Lipinski definition) is 1. The van der Waals surface area contributed by atoms with Crippen LogP contribution in [0.2, 0.25) is 5.02 Å². The molecule has 0 unspecified atom stereocenters. The van der Waals surface area contributed by atoms with Crippen LogP contribution in [-0.2, 0) is 9.53 Å². The van der Waals surface area contributed by atoms with Crippen molar-refractivity contribution in [1.29, 1.82) is 0 Å². The van der Waals surface area contributed by atoms with Crippen LogP contribution >= 0.6 is 23.4 Å². The van der Waals surface area contributed by atoms with Crippen molar-refractivity contribution >= 4 is 51.8 Å². The van der Waals surface area contributed by atoms with E-state index >= 15 is 0 Å². The number of hydrogen-bond acceptors (Lipinski definition) is 6. The van der Waals surface area contributed by atoms with Crippen molar-refractivity contribution in [1.82, 2.24) is 0 Å². The maximum Gasteiger partial charge on any atom is 0.344 e. The fraction of sp³-hybridized carbons (Fsp3) is 0.143. The molecular formula is C21H19ClN2O3S. The number of carbonyl (C=O) groups excluding carboxylic acids is 1. The summed E-state index contributed by atoms with van der Waals surface area (Å²) in [6.45, 7) is 0. The molecule has 1 N–H and O–H groups in total. The molecule has 0 aromatic heterocycles. The van der Waals surface area contributed by atoms with Crippen LogP contribution in [0.5, 0.6) is 0 Å². The summed E-state index contributed by atoms with van der Waals surface area (Å²) in [5, 5.41) is 11.4. The first-order valence-corrected chi connectivity index (χ1v) is 9.62. The number of benzene rings is 2. The van der Waals surface area contributed by atoms with Gasteiger partial charge in [-0.25, -0.2) is 9.79 Å². The highest BCUT2D eigenvalue weighted by atomic mass is 35.5. The second kappa shape index (κ2) is 8.54. The lowest BCUT2D eigenvalue weighted by atomic mass is 10.1. The number of para-hydroxylation sites is 1. The number of aliphatic imine (C=N–C) groups is 1. The van der Waals surface area contributed by atoms with Gasteiger partial charge in [0, 0.05) is 19.8 Å². The lowest BCUT2D eigenvalue weighted by Crippen LogP contribution is -2.10. The molecule has 0 atom stereocenters. The summed E-state index contributed by atoms with van der Waals surface area (Å²) in [6.07, 6.45) is 1.80. The maximum absolute atomic E-state index is 12.2. The number of rotatable bonds is 4. The van der Waals surface area contributed by atoms with E-state index in [4.69, 9.17) is 16.3 Å². The Morgan fingerprint density at radius 2 is 1.86 bits per heavy atom. The molecule has 0 spiro atoms. The van der Waals surface area contributed by atoms with Crippen LogP contribution in [-0.4, -0.2) is 37.3 Å². The Bertz CT molecular complexity index is 995. The predicted molar refractivity (Wildman–Crippen MR) is 117 cm³/mol. The Kier molecular flexibility index (Phi) is 6.11. The second-order valence-corrected chi connectivity index (χ2v) is 7.62. The molecule has 2 aromatic rings. The van der Waals surface area contributed by atoms with Crippen molar-refractivity contribution in [2.45, 2.75) is 0 Å². The largest absolute Gasteiger partial charge is 0.506 e. The fourth-order valence-electron chi connectivity index (χ4n) is 2.56. The highest BCUT2D eigenvalue weighted by molar-refractivity contribution is 8.18. The van der Waals surface area contributed by atoms with E-state index in [1.807, 2.05) is 43.3 Å². The van der Waals surface area contributed by atoms with E-state index in [2.05, 4.69) is 4.99 Å². The average Bonchev–Trinajstić information content (AvgIpc) is 2.98. The van der Waals surface area contributed by atoms with Gasteiger partial charge in [-0.2, -0.15) is 0 Å². The first-order valence-electron chi connectivity index (χ1n) is 8.43. The van der Waals surface area contributed by atoms with E-state index in [9.17, 15) is 9.90 Å². The van der Waals surface area contributed by atoms with E-state index in [0.29, 0.717) is 20.7 Å². The molecule has 0 bridgehead atoms. The monoisotopic (exact) mass is 414 g/mol. The summed E-state index contributed by atoms with van der Waals surface area (Å²) in [5.41, 5.74) is 2.50. The molecule has 0 saturated heterocycles. The zero-order chi connectivity index (χ0) is 20.3. The topological polar surface area (TPSA) is 62.1 Å². The minimum absolute atomic E-state index is 0.0311. The minimum atomic E-state index is -0.651. The number of aliphatic hydroxyl groups excluding tert-OH is 1. The molecule has 0 aliphatic carbocycles. The highest BCUT2D eigenvalue weighted by Gasteiger charge is 2.33. The third kappa shape index (κ3) is 4.24. The van der Waals surface area contributed by atoms with Gasteiger partial charge < -0.3 is 14.7 Å². The molecule has 2 aromatic carbocycles. The zero-order valence-electron chi connectivity index (χ0n) is 15.6. The Hall–Kier alpha value is -2.70. The SMILES string of the molecule is COC(=O)C1=C(O)/C(=C\c2ccc(N(C)C)cc2)SC1=Nc1ccccc1Cl. The first kappa shape index (κ1) is 20.0. The number of nitrogens with zero attached hydrogens (tertiary/aromatic N) is 2. The van der Waals surface area contributed by atoms with Gasteiger partial charge in [0.2, 0.25) is 0 Å². The molecule has 0 saturated carbocycles. The molecule has 3 rings (SSSR count). The predicted octanol–water partition coefficient (Wildman–Crippen LogP) is 5.21. The third-order valence-electron chi connectivity index (χ3n) is 4.06. The van der Waals surface area contributed by atoms with Gasteiger partial charge in [0.1, 0.15) is 16.4 Å². The van der Waals surface area contributed by atoms with Gasteiger partial charge in [0.15, 0.2) is 0 Å². The van der Waals surface area contributed by atoms with Gasteiger partial charge in [-0.05, 0) is 35.9 Å². The van der Waals surface area contributed by atoms with E-state index < -0.39 is 5.97 Å². The Morgan fingerprint density at radius 3 is 2.46 bits per heavy atom. The van der Waals surface area contributed by atoms with Gasteiger partial charge in [-0.3, -0.25) is 0 Å². The van der Waals surface area contributed by atoms with Crippen molar-refractivity contribution < 1.29 is 14.6 Å². The van der Waals surface area contributed by atoms with Crippen LogP contribution in [0.1, 0.15) is 5.56 Å². The molecule has 0 fully saturated rings. The van der Waals surface area contributed by atoms with Crippen LogP contribution in [0.25, 0.3) is 6.08 Å². The van der Waals surface area contributed by atoms with E-state index in [1.165, 1.54) is 18.9 Å². The molecular weight excluding hydrogens is 396 g/mol. The van der Waals surface area contributed by atoms with Crippen LogP contribution < -0.4 is 4.90 Å². The number of ether oxygens (including phenoxy) is 1. The maximum atomic E-state index is 12.2. The summed E-state index contributed by atoms with van der Waals surface area (Å²) in [5.74, 6) is -0.804. The highest BCUT2D eigenvalue weighted by Crippen LogP contribution is 2.41. The van der Waals surface area contributed by atoms with Crippen LogP contribution in [0, 0.1) is 0 Å². The van der Waals surface area contributed by atoms with Crippen molar-refractivity contribution in [2.24, 2.45) is 4.99 Å². The van der Waals surface area contributed by atoms with Crippen molar-refractivity contribution in [3.63, 3.8) is 0 Å². The normalized spacial score (nSPS) is 16.7. The zero-order valence-corrected chi connectivity index (χ0v) is 17.2. The quantitative estimate of drug-likeness (QED) is 0.696. The fourth-order valence-corrected chi connectivity index (χ4v) is 3.77. The molecule has 1 aliphatic heterocycles. The number of esters is 1. The molecule has 7 heteroatoms. The standard InChI is InChI=1S/C21H19ClN2O3S/c1-24(2)14-10-8-13(9-11-14)12-17-19(25)18(21(26)27-3)20(28-17)23-16-7-5-4-6-15(16)22/h4-12,25H,1-3H3/b17-12+,23-20?. The van der Waals surface area contributed by atoms with Gasteiger partial charge in [0.05, 0.1) is 22.7 Å². The van der Waals surface area contributed by atoms with Crippen molar-refractivity contribution in [3.8, 4) is 0 Å². The number of halogens is 1. The van der Waals surface area contributed by atoms with Crippen LogP contribution in [0.15, 0.2) is 69.8 Å². The molecule has 144 valence electrons. The minimum Gasteiger partial charge on any atom is -0.506 e. The summed E-state index contributed by atoms with van der Waals surface area (Å²) in [7, 11) is 5.20. The van der Waals surface area contributed by atoms with Crippen LogP contribution in [0.3, 0.4) is 0 Å². The van der Waals surface area contributed by atoms with E-state index in [-0.39, 0.29) is 11.3 Å². The molecule has 1 heterocycles. The first-order chi connectivity index (χ1) is 13.4. The number of thioether (sulfide) groups is 1. The van der Waals surface area contributed by atoms with Gasteiger partial charge in [-0.1, -0.05) is 47.6 Å². The number of carbonyl (C=O) groups is 1. The molecule has 5 nitrogen and oxygen atoms in total. The number of anilines is 1. The second-order valence-electron chi connectivity index (χ2n) is 6.18. The molecule has 28 heavy (non-hydrogen) atoms. The lowest BCUT2D eigenvalue weighted by molar-refractivity contribution is -0.135. The number of aliphatic hydroxyl groups is 1. The van der Waals surface area contributed by atoms with Crippen molar-refractivity contribution in [2.75, 3.05) is 26.1 Å². The Labute approximate surface area is 173 Å². The third-order valence-corrected chi connectivity index (χ3v) is 5.40.